The Morgan fingerprint density at radius 2 is 2.00 bits per heavy atom. The van der Waals surface area contributed by atoms with Crippen molar-refractivity contribution in [1.29, 1.82) is 0 Å². The maximum absolute atomic E-state index is 12.4. The molecule has 7 nitrogen and oxygen atoms in total. The monoisotopic (exact) mass is 444 g/mol. The van der Waals surface area contributed by atoms with Crippen molar-refractivity contribution in [1.82, 2.24) is 14.8 Å². The summed E-state index contributed by atoms with van der Waals surface area (Å²) < 4.78 is 6.67. The fraction of sp³-hybridized carbons (Fsp3) is 0.238. The van der Waals surface area contributed by atoms with Crippen molar-refractivity contribution >= 4 is 40.9 Å². The highest BCUT2D eigenvalue weighted by atomic mass is 35.5. The second-order valence-electron chi connectivity index (χ2n) is 6.44. The fourth-order valence-electron chi connectivity index (χ4n) is 2.87. The zero-order valence-corrected chi connectivity index (χ0v) is 18.4. The van der Waals surface area contributed by atoms with Crippen LogP contribution in [0.15, 0.2) is 47.6 Å². The summed E-state index contributed by atoms with van der Waals surface area (Å²) in [6, 6.07) is 12.7. The molecule has 1 aromatic heterocycles. The number of nitrogens with one attached hydrogen (secondary N) is 1. The molecule has 0 aliphatic heterocycles. The third-order valence-electron chi connectivity index (χ3n) is 4.30. The van der Waals surface area contributed by atoms with Crippen LogP contribution in [0.1, 0.15) is 22.8 Å². The number of methoxy groups -OCH3 is 1. The maximum Gasteiger partial charge on any atom is 0.339 e. The third kappa shape index (κ3) is 5.01. The number of carbonyl (C=O) groups is 2. The lowest BCUT2D eigenvalue weighted by molar-refractivity contribution is -0.113. The first kappa shape index (κ1) is 21.9. The molecule has 2 aromatic carbocycles. The molecule has 1 amide bonds. The van der Waals surface area contributed by atoms with Gasteiger partial charge in [0.2, 0.25) is 5.91 Å². The molecule has 3 aromatic rings. The molecule has 3 rings (SSSR count). The number of aromatic nitrogens is 3. The molecule has 0 aliphatic carbocycles. The van der Waals surface area contributed by atoms with Crippen molar-refractivity contribution < 1.29 is 14.3 Å². The number of ether oxygens (including phenoxy) is 1. The summed E-state index contributed by atoms with van der Waals surface area (Å²) in [4.78, 5) is 24.2. The first-order valence-electron chi connectivity index (χ1n) is 9.23. The van der Waals surface area contributed by atoms with E-state index in [1.807, 2.05) is 36.6 Å². The van der Waals surface area contributed by atoms with Crippen LogP contribution in [0, 0.1) is 6.92 Å². The van der Waals surface area contributed by atoms with Gasteiger partial charge in [0.05, 0.1) is 23.4 Å². The molecule has 1 N–H and O–H groups in total. The van der Waals surface area contributed by atoms with E-state index >= 15 is 0 Å². The summed E-state index contributed by atoms with van der Waals surface area (Å²) >= 11 is 7.30. The number of rotatable bonds is 7. The van der Waals surface area contributed by atoms with Crippen molar-refractivity contribution in [3.8, 4) is 11.4 Å². The van der Waals surface area contributed by atoms with E-state index in [4.69, 9.17) is 16.3 Å². The number of halogens is 1. The molecule has 0 unspecified atom stereocenters. The van der Waals surface area contributed by atoms with Gasteiger partial charge in [0, 0.05) is 17.8 Å². The topological polar surface area (TPSA) is 86.1 Å². The Labute approximate surface area is 183 Å². The van der Waals surface area contributed by atoms with E-state index < -0.39 is 5.97 Å². The summed E-state index contributed by atoms with van der Waals surface area (Å²) in [5.74, 6) is 0.109. The van der Waals surface area contributed by atoms with E-state index in [0.29, 0.717) is 17.4 Å². The van der Waals surface area contributed by atoms with Crippen molar-refractivity contribution in [2.45, 2.75) is 25.5 Å². The molecule has 1 heterocycles. The molecular weight excluding hydrogens is 424 g/mol. The third-order valence-corrected chi connectivity index (χ3v) is 5.59. The normalized spacial score (nSPS) is 10.7. The van der Waals surface area contributed by atoms with Crippen LogP contribution in [0.5, 0.6) is 0 Å². The lowest BCUT2D eigenvalue weighted by atomic mass is 10.1. The number of esters is 1. The van der Waals surface area contributed by atoms with E-state index in [-0.39, 0.29) is 22.2 Å². The molecule has 156 valence electrons. The quantitative estimate of drug-likeness (QED) is 0.428. The van der Waals surface area contributed by atoms with Crippen LogP contribution in [0.25, 0.3) is 11.4 Å². The van der Waals surface area contributed by atoms with Gasteiger partial charge in [-0.1, -0.05) is 47.1 Å². The van der Waals surface area contributed by atoms with Crippen molar-refractivity contribution in [3.05, 3.63) is 58.6 Å². The predicted molar refractivity (Wildman–Crippen MR) is 118 cm³/mol. The highest BCUT2D eigenvalue weighted by Gasteiger charge is 2.16. The van der Waals surface area contributed by atoms with Gasteiger partial charge < -0.3 is 14.6 Å². The van der Waals surface area contributed by atoms with Gasteiger partial charge in [0.25, 0.3) is 0 Å². The predicted octanol–water partition coefficient (Wildman–Crippen LogP) is 4.44. The summed E-state index contributed by atoms with van der Waals surface area (Å²) in [6.07, 6.45) is 0. The van der Waals surface area contributed by atoms with E-state index in [1.54, 1.807) is 12.1 Å². The second kappa shape index (κ2) is 9.77. The SMILES string of the molecule is CCn1c(SCC(=O)Nc2ccc(Cl)c(C(=O)OC)c2)nnc1-c1cccc(C)c1. The van der Waals surface area contributed by atoms with Gasteiger partial charge in [-0.15, -0.1) is 10.2 Å². The zero-order valence-electron chi connectivity index (χ0n) is 16.8. The van der Waals surface area contributed by atoms with E-state index in [2.05, 4.69) is 21.6 Å². The molecule has 0 saturated carbocycles. The van der Waals surface area contributed by atoms with Crippen molar-refractivity contribution in [3.63, 3.8) is 0 Å². The minimum Gasteiger partial charge on any atom is -0.465 e. The number of thioether (sulfide) groups is 1. The van der Waals surface area contributed by atoms with Crippen LogP contribution in [-0.2, 0) is 16.1 Å². The lowest BCUT2D eigenvalue weighted by Crippen LogP contribution is -2.15. The number of benzene rings is 2. The number of amides is 1. The van der Waals surface area contributed by atoms with Crippen molar-refractivity contribution in [2.24, 2.45) is 0 Å². The molecule has 0 fully saturated rings. The summed E-state index contributed by atoms with van der Waals surface area (Å²) in [6.45, 7) is 4.72. The summed E-state index contributed by atoms with van der Waals surface area (Å²) in [5.41, 5.74) is 2.78. The zero-order chi connectivity index (χ0) is 21.7. The molecule has 0 radical (unpaired) electrons. The van der Waals surface area contributed by atoms with Crippen LogP contribution < -0.4 is 5.32 Å². The first-order valence-corrected chi connectivity index (χ1v) is 10.6. The van der Waals surface area contributed by atoms with Gasteiger partial charge in [-0.25, -0.2) is 4.79 Å². The van der Waals surface area contributed by atoms with Gasteiger partial charge in [-0.3, -0.25) is 4.79 Å². The maximum atomic E-state index is 12.4. The number of nitrogens with zero attached hydrogens (tertiary/aromatic N) is 3. The Morgan fingerprint density at radius 1 is 1.20 bits per heavy atom. The number of carbonyl (C=O) groups excluding carboxylic acids is 2. The number of anilines is 1. The smallest absolute Gasteiger partial charge is 0.339 e. The molecule has 0 bridgehead atoms. The van der Waals surface area contributed by atoms with Gasteiger partial charge >= 0.3 is 5.97 Å². The Kier molecular flexibility index (Phi) is 7.12. The average Bonchev–Trinajstić information content (AvgIpc) is 3.16. The molecule has 0 spiro atoms. The van der Waals surface area contributed by atoms with Gasteiger partial charge in [0.15, 0.2) is 11.0 Å². The number of hydrogen-bond acceptors (Lipinski definition) is 6. The highest BCUT2D eigenvalue weighted by Crippen LogP contribution is 2.25. The number of aryl methyl sites for hydroxylation is 1. The van der Waals surface area contributed by atoms with Crippen LogP contribution in [-0.4, -0.2) is 39.5 Å². The average molecular weight is 445 g/mol. The van der Waals surface area contributed by atoms with Crippen LogP contribution in [0.2, 0.25) is 5.02 Å². The Morgan fingerprint density at radius 3 is 2.70 bits per heavy atom. The summed E-state index contributed by atoms with van der Waals surface area (Å²) in [5, 5.41) is 12.2. The molecule has 0 atom stereocenters. The van der Waals surface area contributed by atoms with Crippen LogP contribution in [0.4, 0.5) is 5.69 Å². The fourth-order valence-corrected chi connectivity index (χ4v) is 3.87. The minimum absolute atomic E-state index is 0.141. The second-order valence-corrected chi connectivity index (χ2v) is 7.79. The number of hydrogen-bond donors (Lipinski definition) is 1. The Hall–Kier alpha value is -2.84. The van der Waals surface area contributed by atoms with Crippen LogP contribution in [0.3, 0.4) is 0 Å². The van der Waals surface area contributed by atoms with Gasteiger partial charge in [-0.05, 0) is 38.1 Å². The van der Waals surface area contributed by atoms with Gasteiger partial charge in [-0.2, -0.15) is 0 Å². The van der Waals surface area contributed by atoms with E-state index in [9.17, 15) is 9.59 Å². The molecule has 9 heteroatoms. The van der Waals surface area contributed by atoms with Crippen LogP contribution >= 0.6 is 23.4 Å². The van der Waals surface area contributed by atoms with E-state index in [0.717, 1.165) is 17.0 Å². The molecule has 0 aliphatic rings. The highest BCUT2D eigenvalue weighted by molar-refractivity contribution is 7.99. The Balaban J connectivity index is 1.69. The van der Waals surface area contributed by atoms with Crippen molar-refractivity contribution in [2.75, 3.05) is 18.2 Å². The largest absolute Gasteiger partial charge is 0.465 e. The van der Waals surface area contributed by atoms with Gasteiger partial charge in [0.1, 0.15) is 0 Å². The first-order chi connectivity index (χ1) is 14.4. The summed E-state index contributed by atoms with van der Waals surface area (Å²) in [7, 11) is 1.27. The minimum atomic E-state index is -0.565. The van der Waals surface area contributed by atoms with E-state index in [1.165, 1.54) is 24.9 Å². The molecule has 0 saturated heterocycles. The molecule has 30 heavy (non-hydrogen) atoms. The Bertz CT molecular complexity index is 1080. The molecular formula is C21H21ClN4O3S. The standard InChI is InChI=1S/C21H21ClN4O3S/c1-4-26-19(14-7-5-6-13(2)10-14)24-25-21(26)30-12-18(27)23-15-8-9-17(22)16(11-15)20(28)29-3/h5-11H,4,12H2,1-3H3,(H,23,27). The lowest BCUT2D eigenvalue weighted by Gasteiger charge is -2.09.